The van der Waals surface area contributed by atoms with Gasteiger partial charge in [-0.1, -0.05) is 30.3 Å². The summed E-state index contributed by atoms with van der Waals surface area (Å²) < 4.78 is 25.3. The van der Waals surface area contributed by atoms with E-state index in [9.17, 15) is 9.18 Å². The Balaban J connectivity index is 1.43. The molecule has 0 spiro atoms. The Morgan fingerprint density at radius 2 is 1.76 bits per heavy atom. The molecule has 1 aliphatic carbocycles. The fraction of sp³-hybridized carbons (Fsp3) is 0.208. The summed E-state index contributed by atoms with van der Waals surface area (Å²) in [6.07, 6.45) is 1.54. The first-order valence-corrected chi connectivity index (χ1v) is 9.64. The van der Waals surface area contributed by atoms with Gasteiger partial charge in [-0.2, -0.15) is 0 Å². The van der Waals surface area contributed by atoms with Gasteiger partial charge in [-0.3, -0.25) is 4.79 Å². The molecule has 0 aromatic heterocycles. The molecule has 2 aliphatic rings. The van der Waals surface area contributed by atoms with Crippen LogP contribution >= 0.6 is 0 Å². The smallest absolute Gasteiger partial charge is 0.235 e. The Hall–Kier alpha value is -3.34. The number of fused-ring (bicyclic) bond motifs is 1. The van der Waals surface area contributed by atoms with E-state index in [0.29, 0.717) is 22.7 Å². The number of carbonyl (C=O) groups excluding carboxylic acids is 1. The van der Waals surface area contributed by atoms with Gasteiger partial charge in [0.1, 0.15) is 5.82 Å². The summed E-state index contributed by atoms with van der Waals surface area (Å²) in [6.45, 7) is 2.15. The van der Waals surface area contributed by atoms with Crippen LogP contribution in [0.5, 0.6) is 11.5 Å². The Morgan fingerprint density at radius 3 is 2.55 bits per heavy atom. The predicted octanol–water partition coefficient (Wildman–Crippen LogP) is 5.20. The molecule has 0 saturated heterocycles. The van der Waals surface area contributed by atoms with Crippen molar-refractivity contribution in [1.82, 2.24) is 0 Å². The van der Waals surface area contributed by atoms with Crippen LogP contribution in [-0.4, -0.2) is 12.7 Å². The highest BCUT2D eigenvalue weighted by atomic mass is 19.1. The summed E-state index contributed by atoms with van der Waals surface area (Å²) in [5, 5.41) is 2.99. The van der Waals surface area contributed by atoms with Gasteiger partial charge in [0.2, 0.25) is 12.7 Å². The van der Waals surface area contributed by atoms with Crippen molar-refractivity contribution in [3.05, 3.63) is 77.6 Å². The number of hydrogen-bond acceptors (Lipinski definition) is 3. The van der Waals surface area contributed by atoms with Gasteiger partial charge in [-0.15, -0.1) is 0 Å². The Bertz CT molecular complexity index is 1120. The Labute approximate surface area is 168 Å². The molecule has 1 aliphatic heterocycles. The quantitative estimate of drug-likeness (QED) is 0.667. The molecule has 5 heteroatoms. The average Bonchev–Trinajstić information content (AvgIpc) is 3.41. The average molecular weight is 389 g/mol. The number of ether oxygens (including phenoxy) is 2. The number of benzene rings is 3. The molecule has 1 amide bonds. The number of nitrogens with one attached hydrogen (secondary N) is 1. The first kappa shape index (κ1) is 17.7. The van der Waals surface area contributed by atoms with Crippen molar-refractivity contribution in [3.63, 3.8) is 0 Å². The lowest BCUT2D eigenvalue weighted by molar-refractivity contribution is -0.118. The van der Waals surface area contributed by atoms with E-state index in [2.05, 4.69) is 5.32 Å². The zero-order valence-corrected chi connectivity index (χ0v) is 16.0. The molecule has 0 atom stereocenters. The molecular formula is C24H20FNO3. The van der Waals surface area contributed by atoms with Gasteiger partial charge in [-0.05, 0) is 66.8 Å². The lowest BCUT2D eigenvalue weighted by Gasteiger charge is -2.17. The van der Waals surface area contributed by atoms with Crippen LogP contribution in [0.4, 0.5) is 10.1 Å². The molecule has 1 saturated carbocycles. The summed E-state index contributed by atoms with van der Waals surface area (Å²) >= 11 is 0. The maximum Gasteiger partial charge on any atom is 0.235 e. The van der Waals surface area contributed by atoms with Gasteiger partial charge in [0.05, 0.1) is 5.41 Å². The minimum atomic E-state index is -0.571. The van der Waals surface area contributed by atoms with E-state index < -0.39 is 5.41 Å². The number of halogens is 1. The second kappa shape index (κ2) is 6.62. The lowest BCUT2D eigenvalue weighted by Crippen LogP contribution is -2.27. The van der Waals surface area contributed by atoms with E-state index in [1.807, 2.05) is 49.4 Å². The van der Waals surface area contributed by atoms with Gasteiger partial charge in [0, 0.05) is 11.3 Å². The van der Waals surface area contributed by atoms with Crippen LogP contribution < -0.4 is 14.8 Å². The molecule has 1 heterocycles. The van der Waals surface area contributed by atoms with E-state index in [-0.39, 0.29) is 18.5 Å². The summed E-state index contributed by atoms with van der Waals surface area (Å²) in [7, 11) is 0. The molecule has 3 aromatic rings. The second-order valence-corrected chi connectivity index (χ2v) is 7.61. The van der Waals surface area contributed by atoms with Crippen LogP contribution in [0, 0.1) is 12.7 Å². The van der Waals surface area contributed by atoms with Crippen molar-refractivity contribution in [3.8, 4) is 22.6 Å². The van der Waals surface area contributed by atoms with Crippen LogP contribution in [0.3, 0.4) is 0 Å². The van der Waals surface area contributed by atoms with Gasteiger partial charge < -0.3 is 14.8 Å². The topological polar surface area (TPSA) is 47.6 Å². The molecule has 5 rings (SSSR count). The molecule has 0 bridgehead atoms. The summed E-state index contributed by atoms with van der Waals surface area (Å²) in [5.41, 5.74) is 3.21. The van der Waals surface area contributed by atoms with E-state index in [4.69, 9.17) is 9.47 Å². The maximum atomic E-state index is 14.5. The Morgan fingerprint density at radius 1 is 0.966 bits per heavy atom. The lowest BCUT2D eigenvalue weighted by atomic mass is 9.94. The molecule has 29 heavy (non-hydrogen) atoms. The molecule has 1 N–H and O–H groups in total. The minimum absolute atomic E-state index is 0.0845. The number of anilines is 1. The third-order valence-electron chi connectivity index (χ3n) is 5.77. The van der Waals surface area contributed by atoms with Crippen molar-refractivity contribution >= 4 is 11.6 Å². The number of amides is 1. The van der Waals surface area contributed by atoms with E-state index in [1.54, 1.807) is 12.1 Å². The first-order valence-electron chi connectivity index (χ1n) is 9.64. The number of carbonyl (C=O) groups is 1. The fourth-order valence-electron chi connectivity index (χ4n) is 3.90. The highest BCUT2D eigenvalue weighted by Gasteiger charge is 2.51. The maximum absolute atomic E-state index is 14.5. The number of aryl methyl sites for hydroxylation is 1. The normalized spacial score (nSPS) is 15.8. The van der Waals surface area contributed by atoms with Gasteiger partial charge >= 0.3 is 0 Å². The Kier molecular flexibility index (Phi) is 4.05. The van der Waals surface area contributed by atoms with Gasteiger partial charge in [-0.25, -0.2) is 4.39 Å². The molecular weight excluding hydrogens is 369 g/mol. The highest BCUT2D eigenvalue weighted by Crippen LogP contribution is 2.51. The van der Waals surface area contributed by atoms with Crippen LogP contribution in [0.25, 0.3) is 11.1 Å². The predicted molar refractivity (Wildman–Crippen MR) is 109 cm³/mol. The largest absolute Gasteiger partial charge is 0.454 e. The standard InChI is InChI=1S/C24H20FNO3/c1-15-4-2-3-5-18(15)19-13-17(7-8-20(19)25)26-23(27)24(10-11-24)16-6-9-21-22(12-16)29-14-28-21/h2-9,12-13H,10-11,14H2,1H3,(H,26,27). The van der Waals surface area contributed by atoms with E-state index in [1.165, 1.54) is 6.07 Å². The van der Waals surface area contributed by atoms with Crippen molar-refractivity contribution in [2.24, 2.45) is 0 Å². The van der Waals surface area contributed by atoms with E-state index >= 15 is 0 Å². The monoisotopic (exact) mass is 389 g/mol. The van der Waals surface area contributed by atoms with Crippen molar-refractivity contribution in [2.45, 2.75) is 25.2 Å². The first-order chi connectivity index (χ1) is 14.1. The highest BCUT2D eigenvalue weighted by molar-refractivity contribution is 6.02. The van der Waals surface area contributed by atoms with Crippen molar-refractivity contribution in [1.29, 1.82) is 0 Å². The minimum Gasteiger partial charge on any atom is -0.454 e. The van der Waals surface area contributed by atoms with E-state index in [0.717, 1.165) is 29.5 Å². The second-order valence-electron chi connectivity index (χ2n) is 7.61. The summed E-state index contributed by atoms with van der Waals surface area (Å²) in [6, 6.07) is 18.0. The van der Waals surface area contributed by atoms with Crippen LogP contribution in [0.15, 0.2) is 60.7 Å². The molecule has 146 valence electrons. The summed E-state index contributed by atoms with van der Waals surface area (Å²) in [4.78, 5) is 13.1. The van der Waals surface area contributed by atoms with Crippen LogP contribution in [0.2, 0.25) is 0 Å². The zero-order chi connectivity index (χ0) is 20.0. The molecule has 0 unspecified atom stereocenters. The van der Waals surface area contributed by atoms with Crippen LogP contribution in [-0.2, 0) is 10.2 Å². The molecule has 0 radical (unpaired) electrons. The van der Waals surface area contributed by atoms with Crippen molar-refractivity contribution in [2.75, 3.05) is 12.1 Å². The fourth-order valence-corrected chi connectivity index (χ4v) is 3.90. The zero-order valence-electron chi connectivity index (χ0n) is 16.0. The number of hydrogen-bond donors (Lipinski definition) is 1. The van der Waals surface area contributed by atoms with Crippen molar-refractivity contribution < 1.29 is 18.7 Å². The van der Waals surface area contributed by atoms with Crippen LogP contribution in [0.1, 0.15) is 24.0 Å². The van der Waals surface area contributed by atoms with Gasteiger partial charge in [0.25, 0.3) is 0 Å². The third-order valence-corrected chi connectivity index (χ3v) is 5.77. The molecule has 3 aromatic carbocycles. The molecule has 1 fully saturated rings. The summed E-state index contributed by atoms with van der Waals surface area (Å²) in [5.74, 6) is 0.976. The third kappa shape index (κ3) is 3.03. The number of rotatable bonds is 4. The van der Waals surface area contributed by atoms with Gasteiger partial charge in [0.15, 0.2) is 11.5 Å². The molecule has 4 nitrogen and oxygen atoms in total. The SMILES string of the molecule is Cc1ccccc1-c1cc(NC(=O)C2(c3ccc4c(c3)OCO4)CC2)ccc1F.